The Kier molecular flexibility index (Phi) is 5.41. The van der Waals surface area contributed by atoms with Gasteiger partial charge in [-0.25, -0.2) is 0 Å². The van der Waals surface area contributed by atoms with Crippen LogP contribution in [0.4, 0.5) is 0 Å². The van der Waals surface area contributed by atoms with Crippen molar-refractivity contribution < 1.29 is 0 Å². The number of thiocarbonyl (C=S) groups is 1. The number of nitrogens with one attached hydrogen (secondary N) is 1. The van der Waals surface area contributed by atoms with Gasteiger partial charge in [-0.3, -0.25) is 15.0 Å². The summed E-state index contributed by atoms with van der Waals surface area (Å²) in [7, 11) is 0. The van der Waals surface area contributed by atoms with Gasteiger partial charge < -0.3 is 14.8 Å². The molecule has 5 heterocycles. The number of aryl methyl sites for hydroxylation is 1. The summed E-state index contributed by atoms with van der Waals surface area (Å²) in [4.78, 5) is 15.5. The fraction of sp³-hybridized carbons (Fsp3) is 0.200. The predicted octanol–water partition coefficient (Wildman–Crippen LogP) is 4.45. The van der Waals surface area contributed by atoms with Gasteiger partial charge in [0.05, 0.1) is 29.7 Å². The molecule has 6 nitrogen and oxygen atoms in total. The lowest BCUT2D eigenvalue weighted by molar-refractivity contribution is 0.310. The second-order valence-corrected chi connectivity index (χ2v) is 8.38. The summed E-state index contributed by atoms with van der Waals surface area (Å²) in [6, 6.07) is 16.3. The average molecular weight is 441 g/mol. The van der Waals surface area contributed by atoms with Crippen LogP contribution in [0.1, 0.15) is 40.3 Å². The molecule has 4 aromatic rings. The van der Waals surface area contributed by atoms with E-state index in [1.807, 2.05) is 42.9 Å². The number of nitrogens with zero attached hydrogens (tertiary/aromatic N) is 5. The molecule has 0 radical (unpaired) electrons. The van der Waals surface area contributed by atoms with Gasteiger partial charge in [0.1, 0.15) is 0 Å². The van der Waals surface area contributed by atoms with Gasteiger partial charge in [-0.15, -0.1) is 0 Å². The van der Waals surface area contributed by atoms with E-state index in [1.165, 1.54) is 11.3 Å². The average Bonchev–Trinajstić information content (AvgIpc) is 3.30. The van der Waals surface area contributed by atoms with Gasteiger partial charge in [0.15, 0.2) is 5.11 Å². The summed E-state index contributed by atoms with van der Waals surface area (Å²) in [5, 5.41) is 4.26. The van der Waals surface area contributed by atoms with Gasteiger partial charge in [-0.2, -0.15) is 0 Å². The molecule has 0 aromatic carbocycles. The predicted molar refractivity (Wildman–Crippen MR) is 128 cm³/mol. The van der Waals surface area contributed by atoms with Crippen LogP contribution in [0.5, 0.6) is 0 Å². The van der Waals surface area contributed by atoms with Crippen LogP contribution in [-0.4, -0.2) is 29.5 Å². The molecule has 1 aliphatic rings. The minimum absolute atomic E-state index is 0.00534. The van der Waals surface area contributed by atoms with Gasteiger partial charge in [-0.05, 0) is 73.6 Å². The van der Waals surface area contributed by atoms with Gasteiger partial charge in [-0.1, -0.05) is 12.1 Å². The monoisotopic (exact) mass is 440 g/mol. The molecule has 0 saturated carbocycles. The molecule has 0 unspecified atom stereocenters. The van der Waals surface area contributed by atoms with Crippen molar-refractivity contribution in [3.8, 4) is 5.69 Å². The van der Waals surface area contributed by atoms with E-state index in [2.05, 4.69) is 67.8 Å². The summed E-state index contributed by atoms with van der Waals surface area (Å²) >= 11 is 5.82. The Balaban J connectivity index is 1.62. The summed E-state index contributed by atoms with van der Waals surface area (Å²) in [6.07, 6.45) is 9.21. The quantitative estimate of drug-likeness (QED) is 0.463. The van der Waals surface area contributed by atoms with Gasteiger partial charge in [0.2, 0.25) is 0 Å². The van der Waals surface area contributed by atoms with E-state index in [9.17, 15) is 0 Å². The fourth-order valence-electron chi connectivity index (χ4n) is 4.57. The molecule has 2 atom stereocenters. The van der Waals surface area contributed by atoms with E-state index in [0.29, 0.717) is 6.54 Å². The standard InChI is InChI=1S/C25H24N6S/c1-17-13-21(18(2)31(17)20-8-6-11-27-15-20)24-23(22-9-3-4-12-28-22)29-25(32)30(24)16-19-7-5-10-26-14-19/h3-15,23-24H,16H2,1-2H3,(H,29,32)/t23-,24+/m1/s1. The van der Waals surface area contributed by atoms with Crippen molar-refractivity contribution >= 4 is 17.3 Å². The Morgan fingerprint density at radius 2 is 1.78 bits per heavy atom. The van der Waals surface area contributed by atoms with Crippen LogP contribution in [0.15, 0.2) is 79.5 Å². The lowest BCUT2D eigenvalue weighted by Crippen LogP contribution is -2.29. The molecule has 0 spiro atoms. The Morgan fingerprint density at radius 3 is 2.47 bits per heavy atom. The summed E-state index contributed by atoms with van der Waals surface area (Å²) in [5.74, 6) is 0. The lowest BCUT2D eigenvalue weighted by Gasteiger charge is -2.28. The van der Waals surface area contributed by atoms with Crippen LogP contribution >= 0.6 is 12.2 Å². The Bertz CT molecular complexity index is 1220. The highest BCUT2D eigenvalue weighted by Gasteiger charge is 2.41. The third-order valence-electron chi connectivity index (χ3n) is 5.97. The molecule has 7 heteroatoms. The topological polar surface area (TPSA) is 58.9 Å². The number of pyridine rings is 3. The van der Waals surface area contributed by atoms with Crippen molar-refractivity contribution in [3.63, 3.8) is 0 Å². The Labute approximate surface area is 193 Å². The van der Waals surface area contributed by atoms with Gasteiger partial charge in [0.25, 0.3) is 0 Å². The molecular formula is C25H24N6S. The first kappa shape index (κ1) is 20.3. The van der Waals surface area contributed by atoms with Crippen molar-refractivity contribution in [3.05, 3.63) is 108 Å². The number of hydrogen-bond acceptors (Lipinski definition) is 4. The van der Waals surface area contributed by atoms with Crippen molar-refractivity contribution in [2.75, 3.05) is 0 Å². The maximum atomic E-state index is 5.82. The van der Waals surface area contributed by atoms with Crippen LogP contribution in [0.3, 0.4) is 0 Å². The van der Waals surface area contributed by atoms with Crippen molar-refractivity contribution in [2.45, 2.75) is 32.5 Å². The fourth-order valence-corrected chi connectivity index (χ4v) is 4.88. The maximum absolute atomic E-state index is 5.82. The van der Waals surface area contributed by atoms with E-state index in [-0.39, 0.29) is 12.1 Å². The molecule has 0 amide bonds. The highest BCUT2D eigenvalue weighted by molar-refractivity contribution is 7.80. The molecule has 1 aliphatic heterocycles. The largest absolute Gasteiger partial charge is 0.352 e. The van der Waals surface area contributed by atoms with Crippen LogP contribution in [0.25, 0.3) is 5.69 Å². The molecular weight excluding hydrogens is 416 g/mol. The van der Waals surface area contributed by atoms with Gasteiger partial charge >= 0.3 is 0 Å². The molecule has 160 valence electrons. The van der Waals surface area contributed by atoms with Gasteiger partial charge in [0, 0.05) is 42.7 Å². The summed E-state index contributed by atoms with van der Waals surface area (Å²) < 4.78 is 2.25. The zero-order chi connectivity index (χ0) is 22.1. The van der Waals surface area contributed by atoms with Crippen LogP contribution in [0.2, 0.25) is 0 Å². The minimum Gasteiger partial charge on any atom is -0.352 e. The van der Waals surface area contributed by atoms with Crippen molar-refractivity contribution in [1.82, 2.24) is 29.7 Å². The summed E-state index contributed by atoms with van der Waals surface area (Å²) in [6.45, 7) is 4.96. The number of rotatable bonds is 5. The molecule has 32 heavy (non-hydrogen) atoms. The first-order valence-electron chi connectivity index (χ1n) is 10.6. The van der Waals surface area contributed by atoms with E-state index in [4.69, 9.17) is 12.2 Å². The van der Waals surface area contributed by atoms with E-state index >= 15 is 0 Å². The molecule has 1 saturated heterocycles. The zero-order valence-corrected chi connectivity index (χ0v) is 18.8. The highest BCUT2D eigenvalue weighted by Crippen LogP contribution is 2.42. The molecule has 1 N–H and O–H groups in total. The van der Waals surface area contributed by atoms with Crippen molar-refractivity contribution in [1.29, 1.82) is 0 Å². The first-order valence-corrected chi connectivity index (χ1v) is 11.0. The smallest absolute Gasteiger partial charge is 0.170 e. The maximum Gasteiger partial charge on any atom is 0.170 e. The molecule has 0 aliphatic carbocycles. The highest BCUT2D eigenvalue weighted by atomic mass is 32.1. The van der Waals surface area contributed by atoms with E-state index in [1.54, 1.807) is 12.4 Å². The summed E-state index contributed by atoms with van der Waals surface area (Å²) in [5.41, 5.74) is 6.69. The van der Waals surface area contributed by atoms with Crippen molar-refractivity contribution in [2.24, 2.45) is 0 Å². The Morgan fingerprint density at radius 1 is 0.969 bits per heavy atom. The van der Waals surface area contributed by atoms with E-state index < -0.39 is 0 Å². The Hall–Kier alpha value is -3.58. The first-order chi connectivity index (χ1) is 15.6. The van der Waals surface area contributed by atoms with Crippen LogP contribution in [-0.2, 0) is 6.54 Å². The second kappa shape index (κ2) is 8.51. The molecule has 4 aromatic heterocycles. The third kappa shape index (κ3) is 3.65. The number of hydrogen-bond donors (Lipinski definition) is 1. The molecule has 1 fully saturated rings. The lowest BCUT2D eigenvalue weighted by atomic mass is 9.96. The third-order valence-corrected chi connectivity index (χ3v) is 6.32. The molecule has 0 bridgehead atoms. The normalized spacial score (nSPS) is 18.1. The molecule has 5 rings (SSSR count). The second-order valence-electron chi connectivity index (χ2n) is 7.99. The van der Waals surface area contributed by atoms with Crippen LogP contribution < -0.4 is 5.32 Å². The van der Waals surface area contributed by atoms with Crippen LogP contribution in [0, 0.1) is 13.8 Å². The SMILES string of the molecule is Cc1cc([C@H]2[C@@H](c3ccccn3)NC(=S)N2Cc2cccnc2)c(C)n1-c1cccnc1. The van der Waals surface area contributed by atoms with E-state index in [0.717, 1.165) is 27.8 Å². The number of aromatic nitrogens is 4. The zero-order valence-electron chi connectivity index (χ0n) is 18.0. The minimum atomic E-state index is -0.0526.